The fourth-order valence-electron chi connectivity index (χ4n) is 0.702. The fourth-order valence-corrected chi connectivity index (χ4v) is 1.93. The first-order chi connectivity index (χ1) is 7.74. The molecule has 1 rings (SSSR count). The van der Waals surface area contributed by atoms with Crippen molar-refractivity contribution in [3.63, 3.8) is 0 Å². The van der Waals surface area contributed by atoms with Crippen LogP contribution in [0.25, 0.3) is 4.91 Å². The lowest BCUT2D eigenvalue weighted by atomic mass is 10.5. The van der Waals surface area contributed by atoms with E-state index in [0.29, 0.717) is 0 Å². The number of aromatic nitrogens is 1. The molecule has 3 heteroatoms. The number of aryl methyl sites for hydroxylation is 1. The average molecular weight is 257 g/mol. The molecule has 0 saturated heterocycles. The van der Waals surface area contributed by atoms with E-state index >= 15 is 0 Å². The highest BCUT2D eigenvalue weighted by molar-refractivity contribution is 8.10. The number of thioether (sulfide) groups is 1. The van der Waals surface area contributed by atoms with Gasteiger partial charge in [-0.25, -0.2) is 4.98 Å². The average Bonchev–Trinajstić information content (AvgIpc) is 2.78. The van der Waals surface area contributed by atoms with E-state index in [1.807, 2.05) is 58.4 Å². The Morgan fingerprint density at radius 3 is 2.31 bits per heavy atom. The molecule has 1 aromatic heterocycles. The Bertz CT molecular complexity index is 301. The lowest BCUT2D eigenvalue weighted by Gasteiger charge is -1.94. The van der Waals surface area contributed by atoms with E-state index in [-0.39, 0.29) is 0 Å². The van der Waals surface area contributed by atoms with Crippen LogP contribution in [0.4, 0.5) is 0 Å². The van der Waals surface area contributed by atoms with Crippen LogP contribution in [-0.2, 0) is 0 Å². The highest BCUT2D eigenvalue weighted by atomic mass is 32.2. The Morgan fingerprint density at radius 1 is 1.38 bits per heavy atom. The summed E-state index contributed by atoms with van der Waals surface area (Å²) in [5, 5.41) is 5.14. The molecular formula is C13H23NS2. The highest BCUT2D eigenvalue weighted by Crippen LogP contribution is 2.26. The molecule has 0 radical (unpaired) electrons. The molecule has 0 bridgehead atoms. The van der Waals surface area contributed by atoms with Crippen molar-refractivity contribution in [1.29, 1.82) is 0 Å². The van der Waals surface area contributed by atoms with Gasteiger partial charge in [0.25, 0.3) is 0 Å². The molecule has 0 amide bonds. The van der Waals surface area contributed by atoms with Gasteiger partial charge in [-0.2, -0.15) is 0 Å². The van der Waals surface area contributed by atoms with Crippen LogP contribution in [0.5, 0.6) is 0 Å². The number of hydrogen-bond acceptors (Lipinski definition) is 3. The van der Waals surface area contributed by atoms with Crippen molar-refractivity contribution in [3.8, 4) is 0 Å². The van der Waals surface area contributed by atoms with Gasteiger partial charge in [0.15, 0.2) is 0 Å². The number of rotatable bonds is 3. The van der Waals surface area contributed by atoms with Crippen molar-refractivity contribution in [2.24, 2.45) is 0 Å². The van der Waals surface area contributed by atoms with Crippen LogP contribution in [0.1, 0.15) is 45.3 Å². The smallest absolute Gasteiger partial charge is 0.0901 e. The van der Waals surface area contributed by atoms with Crippen molar-refractivity contribution < 1.29 is 0 Å². The summed E-state index contributed by atoms with van der Waals surface area (Å²) in [6.07, 6.45) is 2.00. The Kier molecular flexibility index (Phi) is 14.0. The van der Waals surface area contributed by atoms with Gasteiger partial charge in [-0.15, -0.1) is 11.3 Å². The number of allylic oxidation sites excluding steroid dienone is 1. The van der Waals surface area contributed by atoms with E-state index in [1.54, 1.807) is 23.1 Å². The molecule has 0 fully saturated rings. The van der Waals surface area contributed by atoms with E-state index in [9.17, 15) is 0 Å². The van der Waals surface area contributed by atoms with Crippen molar-refractivity contribution in [1.82, 2.24) is 4.98 Å². The predicted octanol–water partition coefficient (Wildman–Crippen LogP) is 5.74. The van der Waals surface area contributed by atoms with Gasteiger partial charge in [0.1, 0.15) is 0 Å². The number of thiazole rings is 1. The summed E-state index contributed by atoms with van der Waals surface area (Å²) in [7, 11) is 0. The van der Waals surface area contributed by atoms with Gasteiger partial charge < -0.3 is 0 Å². The van der Waals surface area contributed by atoms with Crippen LogP contribution < -0.4 is 0 Å². The molecule has 16 heavy (non-hydrogen) atoms. The Morgan fingerprint density at radius 2 is 1.94 bits per heavy atom. The van der Waals surface area contributed by atoms with E-state index in [1.165, 1.54) is 0 Å². The SMILES string of the molecule is C=C(S/C=C\C)c1csc(C)n1.CC.CC. The zero-order chi connectivity index (χ0) is 13.0. The summed E-state index contributed by atoms with van der Waals surface area (Å²) in [5.41, 5.74) is 1.00. The normalized spacial score (nSPS) is 8.88. The maximum absolute atomic E-state index is 4.33. The summed E-state index contributed by atoms with van der Waals surface area (Å²) >= 11 is 3.27. The van der Waals surface area contributed by atoms with Crippen LogP contribution in [0, 0.1) is 6.92 Å². The number of nitrogens with zero attached hydrogens (tertiary/aromatic N) is 1. The van der Waals surface area contributed by atoms with Crippen LogP contribution in [-0.4, -0.2) is 4.98 Å². The predicted molar refractivity (Wildman–Crippen MR) is 81.0 cm³/mol. The first kappa shape index (κ1) is 17.8. The van der Waals surface area contributed by atoms with Crippen molar-refractivity contribution in [3.05, 3.63) is 34.1 Å². The third-order valence-electron chi connectivity index (χ3n) is 1.25. The molecular weight excluding hydrogens is 234 g/mol. The highest BCUT2D eigenvalue weighted by Gasteiger charge is 2.00. The van der Waals surface area contributed by atoms with Crippen molar-refractivity contribution in [2.45, 2.75) is 41.5 Å². The molecule has 0 unspecified atom stereocenters. The third-order valence-corrected chi connectivity index (χ3v) is 2.93. The van der Waals surface area contributed by atoms with Crippen LogP contribution >= 0.6 is 23.1 Å². The molecule has 92 valence electrons. The maximum atomic E-state index is 4.33. The van der Waals surface area contributed by atoms with E-state index in [4.69, 9.17) is 0 Å². The molecule has 0 aliphatic rings. The quantitative estimate of drug-likeness (QED) is 0.684. The van der Waals surface area contributed by atoms with Gasteiger partial charge in [0, 0.05) is 10.3 Å². The van der Waals surface area contributed by atoms with E-state index < -0.39 is 0 Å². The maximum Gasteiger partial charge on any atom is 0.0901 e. The fraction of sp³-hybridized carbons (Fsp3) is 0.462. The molecule has 0 spiro atoms. The summed E-state index contributed by atoms with van der Waals surface area (Å²) in [6, 6.07) is 0. The minimum Gasteiger partial charge on any atom is -0.241 e. The molecule has 1 heterocycles. The Labute approximate surface area is 109 Å². The zero-order valence-electron chi connectivity index (χ0n) is 11.2. The van der Waals surface area contributed by atoms with Gasteiger partial charge in [-0.1, -0.05) is 52.1 Å². The largest absolute Gasteiger partial charge is 0.241 e. The third kappa shape index (κ3) is 7.71. The monoisotopic (exact) mass is 257 g/mol. The first-order valence-corrected chi connectivity index (χ1v) is 7.39. The van der Waals surface area contributed by atoms with Gasteiger partial charge in [0.2, 0.25) is 0 Å². The van der Waals surface area contributed by atoms with E-state index in [0.717, 1.165) is 15.6 Å². The zero-order valence-corrected chi connectivity index (χ0v) is 12.8. The second-order valence-electron chi connectivity index (χ2n) is 2.26. The lowest BCUT2D eigenvalue weighted by molar-refractivity contribution is 1.27. The van der Waals surface area contributed by atoms with Gasteiger partial charge >= 0.3 is 0 Å². The molecule has 0 atom stereocenters. The van der Waals surface area contributed by atoms with Crippen molar-refractivity contribution >= 4 is 28.0 Å². The summed E-state index contributed by atoms with van der Waals surface area (Å²) in [5.74, 6) is 0. The topological polar surface area (TPSA) is 12.9 Å². The minimum absolute atomic E-state index is 1.00. The number of hydrogen-bond donors (Lipinski definition) is 0. The first-order valence-electron chi connectivity index (χ1n) is 5.63. The van der Waals surface area contributed by atoms with Crippen LogP contribution in [0.3, 0.4) is 0 Å². The Hall–Kier alpha value is -0.540. The van der Waals surface area contributed by atoms with Gasteiger partial charge in [0.05, 0.1) is 10.7 Å². The standard InChI is InChI=1S/C9H11NS2.2C2H6/c1-4-5-11-7(2)9-6-12-8(3)10-9;2*1-2/h4-6H,2H2,1,3H3;2*1-2H3/b5-4-;;. The molecule has 0 aliphatic heterocycles. The molecule has 0 aliphatic carbocycles. The molecule has 0 aromatic carbocycles. The van der Waals surface area contributed by atoms with Crippen molar-refractivity contribution in [2.75, 3.05) is 0 Å². The summed E-state index contributed by atoms with van der Waals surface area (Å²) in [4.78, 5) is 5.34. The molecule has 0 saturated carbocycles. The minimum atomic E-state index is 1.00. The molecule has 1 aromatic rings. The Balaban J connectivity index is 0. The second kappa shape index (κ2) is 12.5. The van der Waals surface area contributed by atoms with Gasteiger partial charge in [-0.3, -0.25) is 0 Å². The summed E-state index contributed by atoms with van der Waals surface area (Å²) in [6.45, 7) is 15.9. The second-order valence-corrected chi connectivity index (χ2v) is 4.33. The molecule has 1 nitrogen and oxygen atoms in total. The summed E-state index contributed by atoms with van der Waals surface area (Å²) < 4.78 is 0. The van der Waals surface area contributed by atoms with E-state index in [2.05, 4.69) is 11.6 Å². The van der Waals surface area contributed by atoms with Crippen LogP contribution in [0.15, 0.2) is 23.4 Å². The van der Waals surface area contributed by atoms with Gasteiger partial charge in [-0.05, 0) is 19.3 Å². The molecule has 0 N–H and O–H groups in total. The van der Waals surface area contributed by atoms with Crippen LogP contribution in [0.2, 0.25) is 0 Å². The lowest BCUT2D eigenvalue weighted by Crippen LogP contribution is -1.76.